The number of amides is 3. The first-order valence-corrected chi connectivity index (χ1v) is 10.9. The molecule has 33 heavy (non-hydrogen) atoms. The summed E-state index contributed by atoms with van der Waals surface area (Å²) in [7, 11) is 1.58. The standard InChI is InChI=1S/C24H24ClN5O3/c1-24(23(33)27-14-16-6-4-3-5-7-16)15-30-20(22(32)29(24)2)12-19(28-30)21(31)26-13-17-8-10-18(25)11-9-17/h3-12H,13-15H2,1-2H3,(H,26,31)(H,27,33)/t24-/m1/s1. The van der Waals surface area contributed by atoms with Crippen molar-refractivity contribution >= 4 is 29.3 Å². The largest absolute Gasteiger partial charge is 0.350 e. The Bertz CT molecular complexity index is 1190. The molecule has 1 aliphatic rings. The molecule has 0 unspecified atom stereocenters. The van der Waals surface area contributed by atoms with Crippen LogP contribution in [-0.4, -0.2) is 45.0 Å². The summed E-state index contributed by atoms with van der Waals surface area (Å²) >= 11 is 5.89. The van der Waals surface area contributed by atoms with Crippen molar-refractivity contribution in [3.05, 3.63) is 88.2 Å². The molecule has 8 nitrogen and oxygen atoms in total. The van der Waals surface area contributed by atoms with Gasteiger partial charge in [0.25, 0.3) is 11.8 Å². The van der Waals surface area contributed by atoms with Crippen LogP contribution in [0, 0.1) is 0 Å². The van der Waals surface area contributed by atoms with Crippen molar-refractivity contribution in [2.45, 2.75) is 32.1 Å². The summed E-state index contributed by atoms with van der Waals surface area (Å²) in [6, 6.07) is 18.1. The molecule has 4 rings (SSSR count). The van der Waals surface area contributed by atoms with Crippen LogP contribution < -0.4 is 10.6 Å². The number of fused-ring (bicyclic) bond motifs is 1. The van der Waals surface area contributed by atoms with Gasteiger partial charge in [0, 0.05) is 31.2 Å². The van der Waals surface area contributed by atoms with Gasteiger partial charge >= 0.3 is 0 Å². The Balaban J connectivity index is 1.47. The van der Waals surface area contributed by atoms with E-state index in [1.165, 1.54) is 15.6 Å². The Morgan fingerprint density at radius 2 is 1.67 bits per heavy atom. The quantitative estimate of drug-likeness (QED) is 0.585. The van der Waals surface area contributed by atoms with E-state index in [2.05, 4.69) is 15.7 Å². The number of hydrogen-bond donors (Lipinski definition) is 2. The first-order valence-electron chi connectivity index (χ1n) is 10.5. The van der Waals surface area contributed by atoms with E-state index >= 15 is 0 Å². The highest BCUT2D eigenvalue weighted by atomic mass is 35.5. The highest BCUT2D eigenvalue weighted by Gasteiger charge is 2.46. The van der Waals surface area contributed by atoms with E-state index in [1.807, 2.05) is 42.5 Å². The van der Waals surface area contributed by atoms with E-state index in [1.54, 1.807) is 26.1 Å². The van der Waals surface area contributed by atoms with Gasteiger partial charge in [-0.15, -0.1) is 0 Å². The van der Waals surface area contributed by atoms with E-state index in [4.69, 9.17) is 11.6 Å². The maximum Gasteiger partial charge on any atom is 0.272 e. The molecule has 0 spiro atoms. The fraction of sp³-hybridized carbons (Fsp3) is 0.250. The third-order valence-corrected chi connectivity index (χ3v) is 6.14. The number of rotatable bonds is 6. The molecule has 0 radical (unpaired) electrons. The van der Waals surface area contributed by atoms with E-state index < -0.39 is 11.4 Å². The second kappa shape index (κ2) is 9.07. The Kier molecular flexibility index (Phi) is 6.20. The summed E-state index contributed by atoms with van der Waals surface area (Å²) in [6.07, 6.45) is 0. The van der Waals surface area contributed by atoms with Gasteiger partial charge in [0.2, 0.25) is 5.91 Å². The highest BCUT2D eigenvalue weighted by molar-refractivity contribution is 6.30. The van der Waals surface area contributed by atoms with E-state index in [0.717, 1.165) is 11.1 Å². The third-order valence-electron chi connectivity index (χ3n) is 5.89. The zero-order chi connectivity index (χ0) is 23.6. The number of benzene rings is 2. The number of carbonyl (C=O) groups is 3. The summed E-state index contributed by atoms with van der Waals surface area (Å²) in [5.74, 6) is -1.07. The zero-order valence-electron chi connectivity index (χ0n) is 18.3. The summed E-state index contributed by atoms with van der Waals surface area (Å²) in [5.41, 5.74) is 1.08. The molecule has 0 saturated heterocycles. The van der Waals surface area contributed by atoms with Crippen LogP contribution in [0.5, 0.6) is 0 Å². The van der Waals surface area contributed by atoms with Gasteiger partial charge in [0.05, 0.1) is 6.54 Å². The number of likely N-dealkylation sites (N-methyl/N-ethyl adjacent to an activating group) is 1. The van der Waals surface area contributed by atoms with Gasteiger partial charge < -0.3 is 15.5 Å². The van der Waals surface area contributed by atoms with Crippen LogP contribution >= 0.6 is 11.6 Å². The molecule has 3 amide bonds. The van der Waals surface area contributed by atoms with Crippen LogP contribution in [0.3, 0.4) is 0 Å². The average molecular weight is 466 g/mol. The van der Waals surface area contributed by atoms with Crippen LogP contribution in [0.1, 0.15) is 39.0 Å². The van der Waals surface area contributed by atoms with E-state index in [0.29, 0.717) is 18.1 Å². The molecule has 3 aromatic rings. The van der Waals surface area contributed by atoms with Crippen LogP contribution in [0.4, 0.5) is 0 Å². The highest BCUT2D eigenvalue weighted by Crippen LogP contribution is 2.26. The number of nitrogens with zero attached hydrogens (tertiary/aromatic N) is 3. The molecular formula is C24H24ClN5O3. The predicted octanol–water partition coefficient (Wildman–Crippen LogP) is 2.63. The molecule has 0 bridgehead atoms. The molecule has 170 valence electrons. The maximum absolute atomic E-state index is 13.0. The molecule has 1 atom stereocenters. The first-order chi connectivity index (χ1) is 15.8. The summed E-state index contributed by atoms with van der Waals surface area (Å²) in [4.78, 5) is 40.1. The van der Waals surface area contributed by atoms with Crippen LogP contribution in [-0.2, 0) is 24.4 Å². The van der Waals surface area contributed by atoms with Crippen LogP contribution in [0.2, 0.25) is 5.02 Å². The summed E-state index contributed by atoms with van der Waals surface area (Å²) < 4.78 is 1.43. The molecule has 2 aromatic carbocycles. The molecular weight excluding hydrogens is 442 g/mol. The van der Waals surface area contributed by atoms with Gasteiger partial charge in [0.15, 0.2) is 5.69 Å². The molecule has 1 aliphatic heterocycles. The monoisotopic (exact) mass is 465 g/mol. The Labute approximate surface area is 196 Å². The van der Waals surface area contributed by atoms with Gasteiger partial charge in [-0.3, -0.25) is 19.1 Å². The molecule has 2 N–H and O–H groups in total. The molecule has 9 heteroatoms. The number of carbonyl (C=O) groups excluding carboxylic acids is 3. The summed E-state index contributed by atoms with van der Waals surface area (Å²) in [6.45, 7) is 2.47. The minimum Gasteiger partial charge on any atom is -0.350 e. The molecule has 0 fully saturated rings. The van der Waals surface area contributed by atoms with E-state index in [9.17, 15) is 14.4 Å². The van der Waals surface area contributed by atoms with Crippen molar-refractivity contribution < 1.29 is 14.4 Å². The molecule has 0 saturated carbocycles. The zero-order valence-corrected chi connectivity index (χ0v) is 19.1. The average Bonchev–Trinajstić information content (AvgIpc) is 3.25. The number of aromatic nitrogens is 2. The Morgan fingerprint density at radius 1 is 1.03 bits per heavy atom. The second-order valence-corrected chi connectivity index (χ2v) is 8.62. The van der Waals surface area contributed by atoms with Crippen LogP contribution in [0.15, 0.2) is 60.7 Å². The van der Waals surface area contributed by atoms with Crippen molar-refractivity contribution in [3.8, 4) is 0 Å². The predicted molar refractivity (Wildman–Crippen MR) is 124 cm³/mol. The maximum atomic E-state index is 13.0. The van der Waals surface area contributed by atoms with Crippen molar-refractivity contribution in [1.82, 2.24) is 25.3 Å². The minimum atomic E-state index is -1.15. The first kappa shape index (κ1) is 22.5. The Morgan fingerprint density at radius 3 is 2.36 bits per heavy atom. The lowest BCUT2D eigenvalue weighted by Crippen LogP contribution is -2.62. The van der Waals surface area contributed by atoms with E-state index in [-0.39, 0.29) is 29.7 Å². The third kappa shape index (κ3) is 4.61. The second-order valence-electron chi connectivity index (χ2n) is 8.19. The van der Waals surface area contributed by atoms with Gasteiger partial charge in [-0.2, -0.15) is 5.10 Å². The number of halogens is 1. The number of hydrogen-bond acceptors (Lipinski definition) is 4. The molecule has 1 aromatic heterocycles. The lowest BCUT2D eigenvalue weighted by Gasteiger charge is -2.40. The lowest BCUT2D eigenvalue weighted by molar-refractivity contribution is -0.132. The van der Waals surface area contributed by atoms with Crippen molar-refractivity contribution in [3.63, 3.8) is 0 Å². The topological polar surface area (TPSA) is 96.3 Å². The summed E-state index contributed by atoms with van der Waals surface area (Å²) in [5, 5.41) is 10.6. The smallest absolute Gasteiger partial charge is 0.272 e. The van der Waals surface area contributed by atoms with Crippen molar-refractivity contribution in [2.24, 2.45) is 0 Å². The van der Waals surface area contributed by atoms with Crippen molar-refractivity contribution in [2.75, 3.05) is 7.05 Å². The van der Waals surface area contributed by atoms with Gasteiger partial charge in [-0.05, 0) is 30.2 Å². The SMILES string of the molecule is CN1C(=O)c2cc(C(=O)NCc3ccc(Cl)cc3)nn2C[C@]1(C)C(=O)NCc1ccccc1. The molecule has 0 aliphatic carbocycles. The lowest BCUT2D eigenvalue weighted by atomic mass is 9.96. The molecule has 2 heterocycles. The minimum absolute atomic E-state index is 0.120. The number of nitrogens with one attached hydrogen (secondary N) is 2. The van der Waals surface area contributed by atoms with Crippen LogP contribution in [0.25, 0.3) is 0 Å². The normalized spacial score (nSPS) is 17.4. The van der Waals surface area contributed by atoms with Gasteiger partial charge in [-0.25, -0.2) is 0 Å². The van der Waals surface area contributed by atoms with Crippen molar-refractivity contribution in [1.29, 1.82) is 0 Å². The fourth-order valence-electron chi connectivity index (χ4n) is 3.68. The van der Waals surface area contributed by atoms with Gasteiger partial charge in [-0.1, -0.05) is 54.1 Å². The fourth-order valence-corrected chi connectivity index (χ4v) is 3.81. The van der Waals surface area contributed by atoms with Gasteiger partial charge in [0.1, 0.15) is 11.2 Å². The Hall–Kier alpha value is -3.65.